The highest BCUT2D eigenvalue weighted by Crippen LogP contribution is 2.22. The molecular weight excluding hydrogens is 346 g/mol. The molecule has 0 radical (unpaired) electrons. The highest BCUT2D eigenvalue weighted by atomic mass is 16.2. The van der Waals surface area contributed by atoms with Crippen LogP contribution in [0.2, 0.25) is 0 Å². The van der Waals surface area contributed by atoms with Gasteiger partial charge >= 0.3 is 0 Å². The largest absolute Gasteiger partial charge is 0.372 e. The van der Waals surface area contributed by atoms with Crippen molar-refractivity contribution in [2.75, 3.05) is 18.0 Å². The first-order chi connectivity index (χ1) is 13.7. The zero-order chi connectivity index (χ0) is 19.3. The van der Waals surface area contributed by atoms with Crippen LogP contribution in [0.3, 0.4) is 0 Å². The summed E-state index contributed by atoms with van der Waals surface area (Å²) in [6, 6.07) is 20.6. The second kappa shape index (κ2) is 8.26. The number of carbonyl (C=O) groups is 1. The molecule has 0 unspecified atom stereocenters. The van der Waals surface area contributed by atoms with Crippen molar-refractivity contribution in [2.45, 2.75) is 26.2 Å². The van der Waals surface area contributed by atoms with E-state index in [4.69, 9.17) is 0 Å². The Morgan fingerprint density at radius 1 is 1.07 bits per heavy atom. The minimum atomic E-state index is -0.112. The van der Waals surface area contributed by atoms with Crippen molar-refractivity contribution in [2.24, 2.45) is 5.10 Å². The summed E-state index contributed by atoms with van der Waals surface area (Å²) in [5.74, 6) is -0.112. The fraction of sp³-hybridized carbons (Fsp3) is 0.250. The monoisotopic (exact) mass is 371 g/mol. The molecule has 28 heavy (non-hydrogen) atoms. The fourth-order valence-electron chi connectivity index (χ4n) is 3.81. The second-order valence-corrected chi connectivity index (χ2v) is 7.34. The van der Waals surface area contributed by atoms with E-state index >= 15 is 0 Å². The Bertz CT molecular complexity index is 1010. The molecule has 0 atom stereocenters. The number of fused-ring (bicyclic) bond motifs is 1. The van der Waals surface area contributed by atoms with Crippen LogP contribution in [0.1, 0.15) is 29.5 Å². The number of hydrazone groups is 1. The molecule has 3 aromatic rings. The van der Waals surface area contributed by atoms with Gasteiger partial charge in [-0.2, -0.15) is 5.10 Å². The van der Waals surface area contributed by atoms with E-state index in [9.17, 15) is 4.79 Å². The van der Waals surface area contributed by atoms with Crippen molar-refractivity contribution < 1.29 is 4.79 Å². The normalized spacial score (nSPS) is 14.1. The lowest BCUT2D eigenvalue weighted by molar-refractivity contribution is -0.120. The average molecular weight is 371 g/mol. The number of hydrogen-bond acceptors (Lipinski definition) is 3. The van der Waals surface area contributed by atoms with Crippen LogP contribution in [0.5, 0.6) is 0 Å². The van der Waals surface area contributed by atoms with E-state index in [0.717, 1.165) is 40.6 Å². The van der Waals surface area contributed by atoms with E-state index in [-0.39, 0.29) is 5.91 Å². The summed E-state index contributed by atoms with van der Waals surface area (Å²) in [5, 5.41) is 6.42. The molecule has 1 aliphatic heterocycles. The predicted octanol–water partition coefficient (Wildman–Crippen LogP) is 4.44. The number of anilines is 1. The lowest BCUT2D eigenvalue weighted by Crippen LogP contribution is -2.20. The number of nitrogens with zero attached hydrogens (tertiary/aromatic N) is 2. The SMILES string of the molecule is Cc1cc(N2CCCC2)ccc1/C=N\NC(=O)Cc1cccc2ccccc12. The Hall–Kier alpha value is -3.14. The predicted molar refractivity (Wildman–Crippen MR) is 116 cm³/mol. The van der Waals surface area contributed by atoms with Gasteiger partial charge in [0.1, 0.15) is 0 Å². The van der Waals surface area contributed by atoms with Crippen LogP contribution in [-0.4, -0.2) is 25.2 Å². The third-order valence-electron chi connectivity index (χ3n) is 5.35. The second-order valence-electron chi connectivity index (χ2n) is 7.34. The van der Waals surface area contributed by atoms with Crippen molar-refractivity contribution >= 4 is 28.6 Å². The maximum atomic E-state index is 12.3. The van der Waals surface area contributed by atoms with Crippen molar-refractivity contribution in [3.8, 4) is 0 Å². The van der Waals surface area contributed by atoms with Gasteiger partial charge in [0, 0.05) is 18.8 Å². The molecule has 1 amide bonds. The molecule has 4 heteroatoms. The molecule has 0 aromatic heterocycles. The lowest BCUT2D eigenvalue weighted by atomic mass is 10.0. The third-order valence-corrected chi connectivity index (χ3v) is 5.35. The molecule has 4 rings (SSSR count). The van der Waals surface area contributed by atoms with Crippen LogP contribution in [0.25, 0.3) is 10.8 Å². The van der Waals surface area contributed by atoms with Gasteiger partial charge in [-0.1, -0.05) is 48.5 Å². The zero-order valence-electron chi connectivity index (χ0n) is 16.2. The maximum Gasteiger partial charge on any atom is 0.244 e. The number of hydrogen-bond donors (Lipinski definition) is 1. The summed E-state index contributed by atoms with van der Waals surface area (Å²) in [6.45, 7) is 4.35. The van der Waals surface area contributed by atoms with Crippen molar-refractivity contribution in [1.82, 2.24) is 5.43 Å². The zero-order valence-corrected chi connectivity index (χ0v) is 16.2. The van der Waals surface area contributed by atoms with Crippen LogP contribution in [-0.2, 0) is 11.2 Å². The molecule has 0 bridgehead atoms. The van der Waals surface area contributed by atoms with Crippen LogP contribution in [0.15, 0.2) is 65.8 Å². The minimum absolute atomic E-state index is 0.112. The molecule has 0 aliphatic carbocycles. The minimum Gasteiger partial charge on any atom is -0.372 e. The van der Waals surface area contributed by atoms with Crippen molar-refractivity contribution in [1.29, 1.82) is 0 Å². The molecule has 0 spiro atoms. The topological polar surface area (TPSA) is 44.7 Å². The Morgan fingerprint density at radius 3 is 2.68 bits per heavy atom. The van der Waals surface area contributed by atoms with E-state index in [2.05, 4.69) is 52.7 Å². The number of nitrogens with one attached hydrogen (secondary N) is 1. The van der Waals surface area contributed by atoms with Gasteiger partial charge in [0.2, 0.25) is 5.91 Å². The standard InChI is InChI=1S/C24H25N3O/c1-18-15-22(27-13-4-5-14-27)12-11-21(18)17-25-26-24(28)16-20-9-6-8-19-7-2-3-10-23(19)20/h2-3,6-12,15,17H,4-5,13-14,16H2,1H3,(H,26,28)/b25-17-. The van der Waals surface area contributed by atoms with Crippen molar-refractivity contribution in [3.05, 3.63) is 77.4 Å². The van der Waals surface area contributed by atoms with Gasteiger partial charge in [0.15, 0.2) is 0 Å². The molecule has 0 saturated carbocycles. The van der Waals surface area contributed by atoms with Gasteiger partial charge in [0.05, 0.1) is 12.6 Å². The highest BCUT2D eigenvalue weighted by molar-refractivity contribution is 5.91. The van der Waals surface area contributed by atoms with E-state index in [0.29, 0.717) is 6.42 Å². The van der Waals surface area contributed by atoms with E-state index < -0.39 is 0 Å². The number of amides is 1. The van der Waals surface area contributed by atoms with Gasteiger partial charge in [-0.05, 0) is 59.4 Å². The molecule has 4 nitrogen and oxygen atoms in total. The van der Waals surface area contributed by atoms with E-state index in [1.54, 1.807) is 6.21 Å². The van der Waals surface area contributed by atoms with Crippen LogP contribution >= 0.6 is 0 Å². The highest BCUT2D eigenvalue weighted by Gasteiger charge is 2.12. The van der Waals surface area contributed by atoms with Crippen molar-refractivity contribution in [3.63, 3.8) is 0 Å². The maximum absolute atomic E-state index is 12.3. The number of carbonyl (C=O) groups excluding carboxylic acids is 1. The van der Waals surface area contributed by atoms with Gasteiger partial charge in [0.25, 0.3) is 0 Å². The molecular formula is C24H25N3O. The first-order valence-corrected chi connectivity index (χ1v) is 9.85. The first-order valence-electron chi connectivity index (χ1n) is 9.85. The molecule has 1 N–H and O–H groups in total. The lowest BCUT2D eigenvalue weighted by Gasteiger charge is -2.18. The van der Waals surface area contributed by atoms with Crippen LogP contribution in [0.4, 0.5) is 5.69 Å². The Balaban J connectivity index is 1.39. The van der Waals surface area contributed by atoms with Gasteiger partial charge in [-0.25, -0.2) is 5.43 Å². The molecule has 1 saturated heterocycles. The van der Waals surface area contributed by atoms with Gasteiger partial charge < -0.3 is 4.90 Å². The molecule has 142 valence electrons. The summed E-state index contributed by atoms with van der Waals surface area (Å²) >= 11 is 0. The summed E-state index contributed by atoms with van der Waals surface area (Å²) in [6.07, 6.45) is 4.58. The first kappa shape index (κ1) is 18.2. The van der Waals surface area contributed by atoms with Crippen LogP contribution in [0, 0.1) is 6.92 Å². The Kier molecular flexibility index (Phi) is 5.38. The quantitative estimate of drug-likeness (QED) is 0.532. The Labute approximate surface area is 165 Å². The summed E-state index contributed by atoms with van der Waals surface area (Å²) < 4.78 is 0. The van der Waals surface area contributed by atoms with E-state index in [1.165, 1.54) is 18.5 Å². The van der Waals surface area contributed by atoms with Crippen LogP contribution < -0.4 is 10.3 Å². The average Bonchev–Trinajstić information content (AvgIpc) is 3.24. The summed E-state index contributed by atoms with van der Waals surface area (Å²) in [5.41, 5.74) is 7.13. The van der Waals surface area contributed by atoms with Gasteiger partial charge in [-0.15, -0.1) is 0 Å². The number of rotatable bonds is 5. The summed E-state index contributed by atoms with van der Waals surface area (Å²) in [4.78, 5) is 14.7. The smallest absolute Gasteiger partial charge is 0.244 e. The molecule has 1 heterocycles. The third kappa shape index (κ3) is 4.06. The van der Waals surface area contributed by atoms with E-state index in [1.807, 2.05) is 30.3 Å². The van der Waals surface area contributed by atoms with Gasteiger partial charge in [-0.3, -0.25) is 4.79 Å². The number of benzene rings is 3. The molecule has 1 aliphatic rings. The Morgan fingerprint density at radius 2 is 1.86 bits per heavy atom. The number of aryl methyl sites for hydroxylation is 1. The molecule has 1 fully saturated rings. The summed E-state index contributed by atoms with van der Waals surface area (Å²) in [7, 11) is 0. The fourth-order valence-corrected chi connectivity index (χ4v) is 3.81. The molecule has 3 aromatic carbocycles.